The number of fused-ring (bicyclic) bond motifs is 1. The summed E-state index contributed by atoms with van der Waals surface area (Å²) < 4.78 is 0. The monoisotopic (exact) mass is 338 g/mol. The molecule has 8 heteroatoms. The van der Waals surface area contributed by atoms with Crippen LogP contribution in [0.25, 0.3) is 0 Å². The lowest BCUT2D eigenvalue weighted by Gasteiger charge is -2.28. The zero-order valence-electron chi connectivity index (χ0n) is 11.0. The Morgan fingerprint density at radius 2 is 1.95 bits per heavy atom. The normalized spacial score (nSPS) is 13.5. The minimum atomic E-state index is -0.570. The Labute approximate surface area is 134 Å². The van der Waals surface area contributed by atoms with Crippen LogP contribution in [0, 0.1) is 10.1 Å². The number of non-ortho nitro benzene ring substituents is 1. The Balaban J connectivity index is 2.04. The molecule has 112 valence electrons. The molecule has 1 aliphatic heterocycles. The number of hydrogen-bond donors (Lipinski definition) is 0. The van der Waals surface area contributed by atoms with Crippen LogP contribution in [0.4, 0.5) is 11.4 Å². The maximum absolute atomic E-state index is 12.2. The van der Waals surface area contributed by atoms with Gasteiger partial charge in [-0.15, -0.1) is 5.06 Å². The molecule has 0 N–H and O–H groups in total. The van der Waals surface area contributed by atoms with E-state index in [-0.39, 0.29) is 28.7 Å². The summed E-state index contributed by atoms with van der Waals surface area (Å²) in [6.45, 7) is 0. The largest absolute Gasteiger partial charge is 0.371 e. The highest BCUT2D eigenvalue weighted by Crippen LogP contribution is 2.35. The molecule has 6 nitrogen and oxygen atoms in total. The number of hydrogen-bond acceptors (Lipinski definition) is 4. The Morgan fingerprint density at radius 3 is 2.68 bits per heavy atom. The van der Waals surface area contributed by atoms with Crippen LogP contribution in [0.15, 0.2) is 36.4 Å². The minimum Gasteiger partial charge on any atom is -0.371 e. The topological polar surface area (TPSA) is 72.7 Å². The fraction of sp³-hybridized carbons (Fsp3) is 0.0714. The van der Waals surface area contributed by atoms with E-state index in [0.29, 0.717) is 16.3 Å². The molecule has 0 atom stereocenters. The molecule has 22 heavy (non-hydrogen) atoms. The molecule has 3 rings (SSSR count). The molecule has 0 fully saturated rings. The average molecular weight is 339 g/mol. The van der Waals surface area contributed by atoms with Crippen molar-refractivity contribution in [2.24, 2.45) is 0 Å². The van der Waals surface area contributed by atoms with Crippen LogP contribution >= 0.6 is 23.2 Å². The second kappa shape index (κ2) is 5.47. The highest BCUT2D eigenvalue weighted by Gasteiger charge is 2.29. The van der Waals surface area contributed by atoms with E-state index in [1.165, 1.54) is 18.2 Å². The summed E-state index contributed by atoms with van der Waals surface area (Å²) in [5, 5.41) is 12.5. The van der Waals surface area contributed by atoms with Gasteiger partial charge in [-0.1, -0.05) is 29.3 Å². The molecule has 0 unspecified atom stereocenters. The number of anilines is 1. The molecular formula is C14H8Cl2N2O4. The van der Waals surface area contributed by atoms with Gasteiger partial charge in [-0.2, -0.15) is 0 Å². The van der Waals surface area contributed by atoms with Gasteiger partial charge in [-0.3, -0.25) is 14.9 Å². The number of halogens is 2. The molecule has 1 aliphatic rings. The third-order valence-corrected chi connectivity index (χ3v) is 3.70. The smallest absolute Gasteiger partial charge is 0.271 e. The van der Waals surface area contributed by atoms with Crippen molar-refractivity contribution >= 4 is 40.5 Å². The van der Waals surface area contributed by atoms with E-state index < -0.39 is 4.92 Å². The van der Waals surface area contributed by atoms with Gasteiger partial charge < -0.3 is 4.84 Å². The summed E-state index contributed by atoms with van der Waals surface area (Å²) >= 11 is 11.9. The lowest BCUT2D eigenvalue weighted by molar-refractivity contribution is -0.384. The second-order valence-electron chi connectivity index (χ2n) is 4.60. The summed E-state index contributed by atoms with van der Waals surface area (Å²) in [5.41, 5.74) is 0.617. The Morgan fingerprint density at radius 1 is 1.18 bits per heavy atom. The first-order chi connectivity index (χ1) is 10.5. The Bertz CT molecular complexity index is 794. The number of carbonyl (C=O) groups excluding carboxylic acids is 1. The van der Waals surface area contributed by atoms with E-state index in [9.17, 15) is 14.9 Å². The van der Waals surface area contributed by atoms with Crippen molar-refractivity contribution in [2.75, 3.05) is 5.06 Å². The number of nitro groups is 1. The summed E-state index contributed by atoms with van der Waals surface area (Å²) in [6, 6.07) is 8.72. The molecule has 0 saturated carbocycles. The summed E-state index contributed by atoms with van der Waals surface area (Å²) in [5.74, 6) is 0.0342. The number of carbonyl (C=O) groups is 1. The molecule has 0 aliphatic carbocycles. The second-order valence-corrected chi connectivity index (χ2v) is 5.44. The maximum atomic E-state index is 12.2. The van der Waals surface area contributed by atoms with Crippen molar-refractivity contribution in [3.63, 3.8) is 0 Å². The number of amides is 1. The highest BCUT2D eigenvalue weighted by molar-refractivity contribution is 6.34. The van der Waals surface area contributed by atoms with Gasteiger partial charge in [-0.25, -0.2) is 0 Å². The molecule has 2 aromatic carbocycles. The maximum Gasteiger partial charge on any atom is 0.271 e. The van der Waals surface area contributed by atoms with E-state index in [1.54, 1.807) is 18.2 Å². The van der Waals surface area contributed by atoms with Crippen molar-refractivity contribution < 1.29 is 14.6 Å². The molecule has 0 radical (unpaired) electrons. The van der Waals surface area contributed by atoms with Crippen LogP contribution in [0.2, 0.25) is 10.0 Å². The highest BCUT2D eigenvalue weighted by atomic mass is 35.5. The van der Waals surface area contributed by atoms with Gasteiger partial charge in [0.15, 0.2) is 5.75 Å². The molecule has 1 amide bonds. The Hall–Kier alpha value is -2.31. The zero-order chi connectivity index (χ0) is 15.9. The van der Waals surface area contributed by atoms with Gasteiger partial charge in [-0.05, 0) is 12.1 Å². The van der Waals surface area contributed by atoms with Gasteiger partial charge in [0, 0.05) is 28.8 Å². The van der Waals surface area contributed by atoms with Crippen molar-refractivity contribution in [2.45, 2.75) is 6.42 Å². The van der Waals surface area contributed by atoms with E-state index in [1.807, 2.05) is 0 Å². The van der Waals surface area contributed by atoms with Crippen molar-refractivity contribution in [3.05, 3.63) is 62.1 Å². The van der Waals surface area contributed by atoms with Crippen LogP contribution in [0.1, 0.15) is 5.56 Å². The van der Waals surface area contributed by atoms with E-state index in [2.05, 4.69) is 0 Å². The van der Waals surface area contributed by atoms with Gasteiger partial charge in [0.2, 0.25) is 0 Å². The fourth-order valence-electron chi connectivity index (χ4n) is 2.10. The van der Waals surface area contributed by atoms with Gasteiger partial charge >= 0.3 is 0 Å². The van der Waals surface area contributed by atoms with Crippen LogP contribution < -0.4 is 9.90 Å². The van der Waals surface area contributed by atoms with Crippen molar-refractivity contribution in [3.8, 4) is 5.75 Å². The lowest BCUT2D eigenvalue weighted by atomic mass is 10.1. The first kappa shape index (κ1) is 14.6. The predicted molar refractivity (Wildman–Crippen MR) is 81.4 cm³/mol. The van der Waals surface area contributed by atoms with Crippen molar-refractivity contribution in [1.82, 2.24) is 0 Å². The molecular weight excluding hydrogens is 331 g/mol. The molecule has 2 aromatic rings. The van der Waals surface area contributed by atoms with Crippen LogP contribution in [-0.2, 0) is 11.2 Å². The predicted octanol–water partition coefficient (Wildman–Crippen LogP) is 3.78. The van der Waals surface area contributed by atoms with E-state index in [4.69, 9.17) is 28.0 Å². The number of hydroxylamine groups is 1. The standard InChI is InChI=1S/C14H8Cl2N2O4/c15-9-2-1-8-5-14(19)17(22-13(8)6-9)12-7-10(18(20)21)3-4-11(12)16/h1-4,6-7H,5H2. The van der Waals surface area contributed by atoms with Gasteiger partial charge in [0.1, 0.15) is 5.69 Å². The van der Waals surface area contributed by atoms with Crippen LogP contribution in [0.3, 0.4) is 0 Å². The molecule has 1 heterocycles. The SMILES string of the molecule is O=C1Cc2ccc(Cl)cc2ON1c1cc([N+](=O)[O-])ccc1Cl. The summed E-state index contributed by atoms with van der Waals surface area (Å²) in [6.07, 6.45) is 0.0888. The molecule has 0 bridgehead atoms. The van der Waals surface area contributed by atoms with E-state index in [0.717, 1.165) is 5.06 Å². The average Bonchev–Trinajstić information content (AvgIpc) is 2.47. The molecule has 0 saturated heterocycles. The van der Waals surface area contributed by atoms with Crippen molar-refractivity contribution in [1.29, 1.82) is 0 Å². The quantitative estimate of drug-likeness (QED) is 0.616. The number of benzene rings is 2. The number of nitro benzene ring substituents is 1. The summed E-state index contributed by atoms with van der Waals surface area (Å²) in [7, 11) is 0. The van der Waals surface area contributed by atoms with Gasteiger partial charge in [0.25, 0.3) is 11.6 Å². The lowest BCUT2D eigenvalue weighted by Crippen LogP contribution is -2.39. The minimum absolute atomic E-state index is 0.0888. The summed E-state index contributed by atoms with van der Waals surface area (Å²) in [4.78, 5) is 28.0. The van der Waals surface area contributed by atoms with E-state index >= 15 is 0 Å². The van der Waals surface area contributed by atoms with Crippen LogP contribution in [0.5, 0.6) is 5.75 Å². The molecule has 0 spiro atoms. The molecule has 0 aromatic heterocycles. The zero-order valence-corrected chi connectivity index (χ0v) is 12.5. The number of nitrogens with zero attached hydrogens (tertiary/aromatic N) is 2. The van der Waals surface area contributed by atoms with Crippen LogP contribution in [-0.4, -0.2) is 10.8 Å². The fourth-order valence-corrected chi connectivity index (χ4v) is 2.45. The third kappa shape index (κ3) is 2.58. The Kier molecular flexibility index (Phi) is 3.64. The first-order valence-electron chi connectivity index (χ1n) is 6.19. The number of rotatable bonds is 2. The third-order valence-electron chi connectivity index (χ3n) is 3.15. The van der Waals surface area contributed by atoms with Gasteiger partial charge in [0.05, 0.1) is 16.4 Å². The first-order valence-corrected chi connectivity index (χ1v) is 6.94.